The third-order valence-electron chi connectivity index (χ3n) is 3.65. The monoisotopic (exact) mass is 359 g/mol. The Hall–Kier alpha value is -2.80. The van der Waals surface area contributed by atoms with Crippen LogP contribution >= 0.6 is 11.8 Å². The molecule has 128 valence electrons. The van der Waals surface area contributed by atoms with Gasteiger partial charge in [0.1, 0.15) is 17.3 Å². The van der Waals surface area contributed by atoms with E-state index in [1.165, 1.54) is 43.5 Å². The summed E-state index contributed by atoms with van der Waals surface area (Å²) in [6.45, 7) is 0.0619. The number of halogens is 1. The Morgan fingerprint density at radius 1 is 1.20 bits per heavy atom. The van der Waals surface area contributed by atoms with Crippen molar-refractivity contribution < 1.29 is 23.8 Å². The summed E-state index contributed by atoms with van der Waals surface area (Å²) in [5.41, 5.74) is 1.03. The number of phenols is 1. The van der Waals surface area contributed by atoms with Gasteiger partial charge in [0.15, 0.2) is 0 Å². The van der Waals surface area contributed by atoms with Gasteiger partial charge >= 0.3 is 0 Å². The molecule has 0 aliphatic carbocycles. The van der Waals surface area contributed by atoms with E-state index < -0.39 is 11.1 Å². The maximum absolute atomic E-state index is 13.0. The van der Waals surface area contributed by atoms with Gasteiger partial charge in [0.25, 0.3) is 11.1 Å². The van der Waals surface area contributed by atoms with E-state index in [0.717, 1.165) is 16.7 Å². The molecule has 0 unspecified atom stereocenters. The molecule has 1 saturated heterocycles. The van der Waals surface area contributed by atoms with Gasteiger partial charge in [-0.3, -0.25) is 14.5 Å². The molecule has 0 atom stereocenters. The second-order valence-electron chi connectivity index (χ2n) is 5.32. The van der Waals surface area contributed by atoms with Gasteiger partial charge in [-0.1, -0.05) is 12.1 Å². The molecule has 2 aromatic rings. The fraction of sp³-hybridized carbons (Fsp3) is 0.111. The number of hydrogen-bond donors (Lipinski definition) is 1. The first-order chi connectivity index (χ1) is 12.0. The van der Waals surface area contributed by atoms with Crippen molar-refractivity contribution in [1.29, 1.82) is 0 Å². The van der Waals surface area contributed by atoms with E-state index in [9.17, 15) is 19.1 Å². The first-order valence-electron chi connectivity index (χ1n) is 7.35. The second-order valence-corrected chi connectivity index (χ2v) is 6.31. The van der Waals surface area contributed by atoms with Gasteiger partial charge < -0.3 is 9.84 Å². The molecule has 0 radical (unpaired) electrons. The lowest BCUT2D eigenvalue weighted by Gasteiger charge is -2.12. The van der Waals surface area contributed by atoms with Crippen molar-refractivity contribution in [3.63, 3.8) is 0 Å². The minimum Gasteiger partial charge on any atom is -0.507 e. The number of amides is 2. The molecule has 2 aromatic carbocycles. The van der Waals surface area contributed by atoms with Gasteiger partial charge in [-0.25, -0.2) is 4.39 Å². The van der Waals surface area contributed by atoms with E-state index in [1.54, 1.807) is 12.1 Å². The van der Waals surface area contributed by atoms with Gasteiger partial charge in [0.2, 0.25) is 0 Å². The third-order valence-corrected chi connectivity index (χ3v) is 4.56. The highest BCUT2D eigenvalue weighted by Gasteiger charge is 2.35. The predicted octanol–water partition coefficient (Wildman–Crippen LogP) is 3.78. The van der Waals surface area contributed by atoms with E-state index in [0.29, 0.717) is 16.9 Å². The van der Waals surface area contributed by atoms with Gasteiger partial charge in [0, 0.05) is 5.56 Å². The fourth-order valence-corrected chi connectivity index (χ4v) is 3.15. The number of benzene rings is 2. The van der Waals surface area contributed by atoms with Gasteiger partial charge in [-0.2, -0.15) is 0 Å². The SMILES string of the molecule is COc1ccc(O)c(/C=C2\SC(=O)N(Cc3ccc(F)cc3)C2=O)c1. The standard InChI is InChI=1S/C18H14FNO4S/c1-24-14-6-7-15(21)12(8-14)9-16-17(22)20(18(23)25-16)10-11-2-4-13(19)5-3-11/h2-9,21H,10H2,1H3/b16-9-. The van der Waals surface area contributed by atoms with Crippen LogP contribution in [0.3, 0.4) is 0 Å². The van der Waals surface area contributed by atoms with Gasteiger partial charge in [0.05, 0.1) is 18.6 Å². The maximum atomic E-state index is 13.0. The summed E-state index contributed by atoms with van der Waals surface area (Å²) in [7, 11) is 1.49. The summed E-state index contributed by atoms with van der Waals surface area (Å²) >= 11 is 0.794. The van der Waals surface area contributed by atoms with E-state index in [-0.39, 0.29) is 23.0 Å². The highest BCUT2D eigenvalue weighted by Crippen LogP contribution is 2.35. The molecule has 1 N–H and O–H groups in total. The van der Waals surface area contributed by atoms with Gasteiger partial charge in [-0.15, -0.1) is 0 Å². The lowest BCUT2D eigenvalue weighted by Crippen LogP contribution is -2.27. The molecular weight excluding hydrogens is 345 g/mol. The molecule has 1 heterocycles. The van der Waals surface area contributed by atoms with Crippen molar-refractivity contribution in [3.8, 4) is 11.5 Å². The minimum atomic E-state index is -0.457. The van der Waals surface area contributed by atoms with Crippen LogP contribution in [0.25, 0.3) is 6.08 Å². The Kier molecular flexibility index (Phi) is 4.76. The van der Waals surface area contributed by atoms with Crippen molar-refractivity contribution in [2.24, 2.45) is 0 Å². The smallest absolute Gasteiger partial charge is 0.293 e. The molecule has 0 aromatic heterocycles. The summed E-state index contributed by atoms with van der Waals surface area (Å²) in [5.74, 6) is -0.339. The fourth-order valence-electron chi connectivity index (χ4n) is 2.33. The Bertz CT molecular complexity index is 864. The highest BCUT2D eigenvalue weighted by atomic mass is 32.2. The zero-order valence-electron chi connectivity index (χ0n) is 13.2. The zero-order chi connectivity index (χ0) is 18.0. The van der Waals surface area contributed by atoms with Crippen LogP contribution in [0.5, 0.6) is 11.5 Å². The lowest BCUT2D eigenvalue weighted by molar-refractivity contribution is -0.123. The summed E-state index contributed by atoms with van der Waals surface area (Å²) in [4.78, 5) is 25.9. The van der Waals surface area contributed by atoms with Crippen molar-refractivity contribution in [3.05, 3.63) is 64.3 Å². The Morgan fingerprint density at radius 3 is 2.60 bits per heavy atom. The number of ether oxygens (including phenoxy) is 1. The quantitative estimate of drug-likeness (QED) is 0.842. The average molecular weight is 359 g/mol. The number of hydrogen-bond acceptors (Lipinski definition) is 5. The molecule has 2 amide bonds. The predicted molar refractivity (Wildman–Crippen MR) is 92.6 cm³/mol. The Labute approximate surface area is 147 Å². The molecule has 0 saturated carbocycles. The first kappa shape index (κ1) is 17.0. The first-order valence-corrected chi connectivity index (χ1v) is 8.16. The van der Waals surface area contributed by atoms with Crippen molar-refractivity contribution >= 4 is 29.0 Å². The number of carbonyl (C=O) groups excluding carboxylic acids is 2. The molecule has 3 rings (SSSR count). The molecule has 1 aliphatic rings. The van der Waals surface area contributed by atoms with Crippen LogP contribution in [-0.4, -0.2) is 28.3 Å². The number of phenolic OH excluding ortho intramolecular Hbond substituents is 1. The number of methoxy groups -OCH3 is 1. The normalized spacial score (nSPS) is 15.9. The van der Waals surface area contributed by atoms with Crippen molar-refractivity contribution in [2.45, 2.75) is 6.54 Å². The van der Waals surface area contributed by atoms with Crippen LogP contribution in [0, 0.1) is 5.82 Å². The van der Waals surface area contributed by atoms with Crippen LogP contribution < -0.4 is 4.74 Å². The average Bonchev–Trinajstić information content (AvgIpc) is 2.86. The van der Waals surface area contributed by atoms with E-state index >= 15 is 0 Å². The molecule has 5 nitrogen and oxygen atoms in total. The molecule has 1 aliphatic heterocycles. The molecule has 0 spiro atoms. The minimum absolute atomic E-state index is 0.0221. The molecule has 7 heteroatoms. The number of thioether (sulfide) groups is 1. The largest absolute Gasteiger partial charge is 0.507 e. The third kappa shape index (κ3) is 3.66. The van der Waals surface area contributed by atoms with Crippen LogP contribution in [0.1, 0.15) is 11.1 Å². The van der Waals surface area contributed by atoms with Gasteiger partial charge in [-0.05, 0) is 53.7 Å². The summed E-state index contributed by atoms with van der Waals surface area (Å²) in [6, 6.07) is 10.2. The summed E-state index contributed by atoms with van der Waals surface area (Å²) < 4.78 is 18.1. The van der Waals surface area contributed by atoms with Crippen molar-refractivity contribution in [1.82, 2.24) is 4.90 Å². The van der Waals surface area contributed by atoms with Crippen molar-refractivity contribution in [2.75, 3.05) is 7.11 Å². The lowest BCUT2D eigenvalue weighted by atomic mass is 10.1. The molecule has 0 bridgehead atoms. The number of nitrogens with zero attached hydrogens (tertiary/aromatic N) is 1. The Balaban J connectivity index is 1.84. The summed E-state index contributed by atoms with van der Waals surface area (Å²) in [6.07, 6.45) is 1.45. The zero-order valence-corrected chi connectivity index (χ0v) is 14.0. The molecule has 1 fully saturated rings. The van der Waals surface area contributed by atoms with Crippen LogP contribution in [0.4, 0.5) is 9.18 Å². The maximum Gasteiger partial charge on any atom is 0.293 e. The summed E-state index contributed by atoms with van der Waals surface area (Å²) in [5, 5.41) is 9.50. The number of imide groups is 1. The van der Waals surface area contributed by atoms with E-state index in [1.807, 2.05) is 0 Å². The second kappa shape index (κ2) is 6.98. The number of rotatable bonds is 4. The molecular formula is C18H14FNO4S. The highest BCUT2D eigenvalue weighted by molar-refractivity contribution is 8.18. The van der Waals surface area contributed by atoms with Crippen LogP contribution in [0.15, 0.2) is 47.4 Å². The number of aromatic hydroxyl groups is 1. The Morgan fingerprint density at radius 2 is 1.92 bits per heavy atom. The van der Waals surface area contributed by atoms with E-state index in [2.05, 4.69) is 0 Å². The number of carbonyl (C=O) groups is 2. The van der Waals surface area contributed by atoms with Crippen LogP contribution in [-0.2, 0) is 11.3 Å². The molecule has 25 heavy (non-hydrogen) atoms. The topological polar surface area (TPSA) is 66.8 Å². The van der Waals surface area contributed by atoms with E-state index in [4.69, 9.17) is 4.74 Å². The van der Waals surface area contributed by atoms with Crippen LogP contribution in [0.2, 0.25) is 0 Å².